The number of hydrogen-bond acceptors (Lipinski definition) is 5. The van der Waals surface area contributed by atoms with Crippen molar-refractivity contribution in [2.24, 2.45) is 5.41 Å². The molecule has 0 fully saturated rings. The number of benzene rings is 2. The molecule has 0 bridgehead atoms. The van der Waals surface area contributed by atoms with Gasteiger partial charge in [0.15, 0.2) is 5.75 Å². The highest BCUT2D eigenvalue weighted by Crippen LogP contribution is 2.37. The number of methoxy groups -OCH3 is 1. The number of aromatic nitrogens is 2. The van der Waals surface area contributed by atoms with E-state index < -0.39 is 0 Å². The fraction of sp³-hybridized carbons (Fsp3) is 0.393. The van der Waals surface area contributed by atoms with Crippen molar-refractivity contribution in [3.05, 3.63) is 65.2 Å². The molecular formula is C28H37N5O3. The molecule has 8 nitrogen and oxygen atoms in total. The van der Waals surface area contributed by atoms with E-state index in [0.29, 0.717) is 34.9 Å². The van der Waals surface area contributed by atoms with Crippen molar-refractivity contribution in [3.63, 3.8) is 0 Å². The van der Waals surface area contributed by atoms with E-state index in [4.69, 9.17) is 10.5 Å². The summed E-state index contributed by atoms with van der Waals surface area (Å²) < 4.78 is 7.22. The summed E-state index contributed by atoms with van der Waals surface area (Å²) in [6.45, 7) is 14.9. The average molecular weight is 492 g/mol. The van der Waals surface area contributed by atoms with Crippen LogP contribution in [-0.2, 0) is 5.41 Å². The smallest absolute Gasteiger partial charge is 0.271 e. The number of anilines is 2. The lowest BCUT2D eigenvalue weighted by Gasteiger charge is -2.22. The van der Waals surface area contributed by atoms with Crippen LogP contribution in [0.4, 0.5) is 11.4 Å². The first kappa shape index (κ1) is 26.8. The van der Waals surface area contributed by atoms with E-state index in [1.807, 2.05) is 25.1 Å². The first-order valence-corrected chi connectivity index (χ1v) is 11.9. The lowest BCUT2D eigenvalue weighted by Crippen LogP contribution is -2.32. The van der Waals surface area contributed by atoms with Crippen LogP contribution >= 0.6 is 0 Å². The third-order valence-corrected chi connectivity index (χ3v) is 5.78. The van der Waals surface area contributed by atoms with Crippen LogP contribution in [0.2, 0.25) is 0 Å². The molecule has 0 spiro atoms. The zero-order chi connectivity index (χ0) is 26.8. The molecule has 0 aliphatic rings. The maximum Gasteiger partial charge on any atom is 0.271 e. The van der Waals surface area contributed by atoms with Gasteiger partial charge in [-0.05, 0) is 53.1 Å². The number of nitrogens with one attached hydrogen (secondary N) is 2. The Labute approximate surface area is 213 Å². The van der Waals surface area contributed by atoms with Gasteiger partial charge in [-0.1, -0.05) is 47.6 Å². The summed E-state index contributed by atoms with van der Waals surface area (Å²) in [4.78, 5) is 30.0. The number of ether oxygens (including phenoxy) is 1. The minimum Gasteiger partial charge on any atom is -0.492 e. The van der Waals surface area contributed by atoms with Crippen molar-refractivity contribution < 1.29 is 14.3 Å². The van der Waals surface area contributed by atoms with Crippen LogP contribution < -0.4 is 21.1 Å². The van der Waals surface area contributed by atoms with Crippen LogP contribution in [0.25, 0.3) is 5.69 Å². The van der Waals surface area contributed by atoms with Crippen LogP contribution in [0.1, 0.15) is 73.5 Å². The third kappa shape index (κ3) is 6.24. The van der Waals surface area contributed by atoms with Gasteiger partial charge in [0.1, 0.15) is 12.0 Å². The topological polar surface area (TPSA) is 111 Å². The van der Waals surface area contributed by atoms with Gasteiger partial charge < -0.3 is 25.7 Å². The average Bonchev–Trinajstić information content (AvgIpc) is 3.26. The molecular weight excluding hydrogens is 454 g/mol. The number of nitrogens with zero attached hydrogens (tertiary/aromatic N) is 2. The van der Waals surface area contributed by atoms with Gasteiger partial charge in [-0.3, -0.25) is 9.59 Å². The summed E-state index contributed by atoms with van der Waals surface area (Å²) in [6.07, 6.45) is 3.24. The Morgan fingerprint density at radius 2 is 1.75 bits per heavy atom. The minimum absolute atomic E-state index is 0.0315. The molecule has 0 unspecified atom stereocenters. The highest BCUT2D eigenvalue weighted by molar-refractivity contribution is 6.06. The standard InChI is InChI=1S/C28H37N5O3/c1-17-9-10-18(11-23(17)33-14-22(31-16-33)26(35)30-15-27(2,3)4)25(34)32-21-13-19(28(5,6)7)12-20(29)24(21)36-8/h9-14,16H,15,29H2,1-8H3,(H,30,35)(H,32,34). The molecule has 3 aromatic rings. The predicted octanol–water partition coefficient (Wildman–Crippen LogP) is 5.10. The molecule has 0 atom stereocenters. The van der Waals surface area contributed by atoms with E-state index >= 15 is 0 Å². The molecule has 2 amide bonds. The van der Waals surface area contributed by atoms with Crippen molar-refractivity contribution in [2.75, 3.05) is 24.7 Å². The van der Waals surface area contributed by atoms with E-state index in [2.05, 4.69) is 57.2 Å². The maximum atomic E-state index is 13.2. The summed E-state index contributed by atoms with van der Waals surface area (Å²) in [5.74, 6) is -0.119. The lowest BCUT2D eigenvalue weighted by molar-refractivity contribution is 0.0934. The van der Waals surface area contributed by atoms with Gasteiger partial charge >= 0.3 is 0 Å². The van der Waals surface area contributed by atoms with E-state index in [0.717, 1.165) is 16.8 Å². The highest BCUT2D eigenvalue weighted by Gasteiger charge is 2.21. The van der Waals surface area contributed by atoms with Crippen molar-refractivity contribution >= 4 is 23.2 Å². The number of nitrogens with two attached hydrogens (primary N) is 1. The van der Waals surface area contributed by atoms with Gasteiger partial charge in [0.05, 0.1) is 24.2 Å². The molecule has 3 rings (SSSR count). The quantitative estimate of drug-likeness (QED) is 0.416. The van der Waals surface area contributed by atoms with Crippen molar-refractivity contribution in [3.8, 4) is 11.4 Å². The molecule has 1 heterocycles. The summed E-state index contributed by atoms with van der Waals surface area (Å²) in [7, 11) is 1.52. The Balaban J connectivity index is 1.88. The Kier molecular flexibility index (Phi) is 7.48. The fourth-order valence-corrected chi connectivity index (χ4v) is 3.64. The number of imidazole rings is 1. The van der Waals surface area contributed by atoms with Gasteiger partial charge in [0, 0.05) is 18.3 Å². The summed E-state index contributed by atoms with van der Waals surface area (Å²) in [5.41, 5.74) is 10.4. The third-order valence-electron chi connectivity index (χ3n) is 5.78. The predicted molar refractivity (Wildman–Crippen MR) is 144 cm³/mol. The number of rotatable bonds is 6. The number of carbonyl (C=O) groups excluding carboxylic acids is 2. The normalized spacial score (nSPS) is 11.8. The fourth-order valence-electron chi connectivity index (χ4n) is 3.64. The van der Waals surface area contributed by atoms with Gasteiger partial charge in [0.2, 0.25) is 0 Å². The highest BCUT2D eigenvalue weighted by atomic mass is 16.5. The van der Waals surface area contributed by atoms with Gasteiger partial charge in [0.25, 0.3) is 11.8 Å². The minimum atomic E-state index is -0.303. The largest absolute Gasteiger partial charge is 0.492 e. The second-order valence-electron chi connectivity index (χ2n) is 11.3. The zero-order valence-electron chi connectivity index (χ0n) is 22.4. The summed E-state index contributed by atoms with van der Waals surface area (Å²) in [5, 5.41) is 5.86. The molecule has 0 saturated carbocycles. The van der Waals surface area contributed by atoms with Gasteiger partial charge in [-0.25, -0.2) is 4.98 Å². The zero-order valence-corrected chi connectivity index (χ0v) is 22.4. The number of nitrogen functional groups attached to an aromatic ring is 1. The Morgan fingerprint density at radius 3 is 2.36 bits per heavy atom. The van der Waals surface area contributed by atoms with Crippen LogP contribution in [0.3, 0.4) is 0 Å². The van der Waals surface area contributed by atoms with E-state index in [1.165, 1.54) is 7.11 Å². The van der Waals surface area contributed by atoms with Crippen molar-refractivity contribution in [2.45, 2.75) is 53.9 Å². The summed E-state index contributed by atoms with van der Waals surface area (Å²) in [6, 6.07) is 9.15. The maximum absolute atomic E-state index is 13.2. The van der Waals surface area contributed by atoms with Crippen LogP contribution in [-0.4, -0.2) is 35.0 Å². The molecule has 0 radical (unpaired) electrons. The second kappa shape index (κ2) is 10.0. The van der Waals surface area contributed by atoms with Crippen molar-refractivity contribution in [1.82, 2.24) is 14.9 Å². The Morgan fingerprint density at radius 1 is 1.06 bits per heavy atom. The molecule has 36 heavy (non-hydrogen) atoms. The van der Waals surface area contributed by atoms with Crippen LogP contribution in [0.5, 0.6) is 5.75 Å². The number of amides is 2. The molecule has 192 valence electrons. The molecule has 0 saturated heterocycles. The molecule has 0 aliphatic heterocycles. The SMILES string of the molecule is COc1c(N)cc(C(C)(C)C)cc1NC(=O)c1ccc(C)c(-n2cnc(C(=O)NCC(C)(C)C)c2)c1. The second-order valence-corrected chi connectivity index (χ2v) is 11.3. The van der Waals surface area contributed by atoms with Gasteiger partial charge in [-0.15, -0.1) is 0 Å². The molecule has 4 N–H and O–H groups in total. The van der Waals surface area contributed by atoms with E-state index in [9.17, 15) is 9.59 Å². The molecule has 0 aliphatic carbocycles. The number of hydrogen-bond donors (Lipinski definition) is 3. The van der Waals surface area contributed by atoms with Crippen molar-refractivity contribution in [1.29, 1.82) is 0 Å². The monoisotopic (exact) mass is 491 g/mol. The summed E-state index contributed by atoms with van der Waals surface area (Å²) >= 11 is 0. The molecule has 1 aromatic heterocycles. The lowest BCUT2D eigenvalue weighted by atomic mass is 9.86. The Bertz CT molecular complexity index is 1280. The van der Waals surface area contributed by atoms with E-state index in [1.54, 1.807) is 29.2 Å². The van der Waals surface area contributed by atoms with Gasteiger partial charge in [-0.2, -0.15) is 0 Å². The van der Waals surface area contributed by atoms with Crippen LogP contribution in [0.15, 0.2) is 42.9 Å². The number of aryl methyl sites for hydroxylation is 1. The molecule has 2 aromatic carbocycles. The molecule has 8 heteroatoms. The first-order valence-electron chi connectivity index (χ1n) is 11.9. The van der Waals surface area contributed by atoms with Crippen LogP contribution in [0, 0.1) is 12.3 Å². The first-order chi connectivity index (χ1) is 16.7. The Hall–Kier alpha value is -3.81. The number of carbonyl (C=O) groups is 2. The van der Waals surface area contributed by atoms with E-state index in [-0.39, 0.29) is 22.6 Å².